The van der Waals surface area contributed by atoms with Crippen molar-refractivity contribution >= 4 is 31.4 Å². The minimum atomic E-state index is -0.505. The third-order valence-corrected chi connectivity index (χ3v) is 12.5. The van der Waals surface area contributed by atoms with Gasteiger partial charge in [0.15, 0.2) is 0 Å². The van der Waals surface area contributed by atoms with Crippen LogP contribution in [0.3, 0.4) is 0 Å². The van der Waals surface area contributed by atoms with Gasteiger partial charge in [-0.1, -0.05) is 79.6 Å². The summed E-state index contributed by atoms with van der Waals surface area (Å²) in [4.78, 5) is 0. The molecular formula is C28H53BOS2. The molecule has 186 valence electrons. The first-order chi connectivity index (χ1) is 15.3. The summed E-state index contributed by atoms with van der Waals surface area (Å²) in [7, 11) is 6.61. The molecule has 0 aromatic carbocycles. The zero-order valence-corrected chi connectivity index (χ0v) is 23.7. The van der Waals surface area contributed by atoms with E-state index < -0.39 is 11.4 Å². The second-order valence-electron chi connectivity index (χ2n) is 11.4. The van der Waals surface area contributed by atoms with E-state index in [-0.39, 0.29) is 5.41 Å². The number of hydrogen-bond donors (Lipinski definition) is 1. The van der Waals surface area contributed by atoms with E-state index in [9.17, 15) is 5.11 Å². The maximum Gasteiger partial charge on any atom is 0.0777 e. The van der Waals surface area contributed by atoms with Gasteiger partial charge >= 0.3 is 0 Å². The quantitative estimate of drug-likeness (QED) is 0.384. The lowest BCUT2D eigenvalue weighted by Crippen LogP contribution is -2.45. The van der Waals surface area contributed by atoms with Gasteiger partial charge in [0.2, 0.25) is 0 Å². The first-order valence-corrected chi connectivity index (χ1v) is 16.1. The van der Waals surface area contributed by atoms with Gasteiger partial charge in [0.25, 0.3) is 0 Å². The van der Waals surface area contributed by atoms with E-state index in [1.54, 1.807) is 0 Å². The first-order valence-electron chi connectivity index (χ1n) is 14.0. The Morgan fingerprint density at radius 2 is 1.44 bits per heavy atom. The molecule has 4 heteroatoms. The molecule has 7 atom stereocenters. The first kappa shape index (κ1) is 29.0. The SMILES string of the molecule is [B]C(C)(CC)C(O)C(C)(CC)C1CCCSC2CCCCCCC2SCC(CC)CCC1. The molecule has 1 heterocycles. The van der Waals surface area contributed by atoms with Gasteiger partial charge in [-0.25, -0.2) is 0 Å². The molecule has 32 heavy (non-hydrogen) atoms. The van der Waals surface area contributed by atoms with Crippen LogP contribution in [0.25, 0.3) is 0 Å². The maximum atomic E-state index is 11.5. The molecule has 0 aromatic heterocycles. The van der Waals surface area contributed by atoms with Crippen LogP contribution in [0, 0.1) is 17.3 Å². The van der Waals surface area contributed by atoms with E-state index in [1.165, 1.54) is 88.6 Å². The van der Waals surface area contributed by atoms with Crippen LogP contribution in [-0.4, -0.2) is 41.1 Å². The highest BCUT2D eigenvalue weighted by Crippen LogP contribution is 2.49. The number of rotatable bonds is 6. The molecule has 1 aliphatic carbocycles. The van der Waals surface area contributed by atoms with Crippen molar-refractivity contribution < 1.29 is 5.11 Å². The van der Waals surface area contributed by atoms with Crippen LogP contribution < -0.4 is 0 Å². The highest BCUT2D eigenvalue weighted by molar-refractivity contribution is 8.03. The summed E-state index contributed by atoms with van der Waals surface area (Å²) in [5, 5.41) is 12.7. The lowest BCUT2D eigenvalue weighted by Gasteiger charge is -2.48. The van der Waals surface area contributed by atoms with Crippen LogP contribution in [0.2, 0.25) is 5.31 Å². The van der Waals surface area contributed by atoms with Gasteiger partial charge in [-0.05, 0) is 79.0 Å². The summed E-state index contributed by atoms with van der Waals surface area (Å²) >= 11 is 4.62. The van der Waals surface area contributed by atoms with E-state index in [2.05, 4.69) is 58.1 Å². The number of hydrogen-bond acceptors (Lipinski definition) is 3. The van der Waals surface area contributed by atoms with Gasteiger partial charge in [-0.15, -0.1) is 0 Å². The topological polar surface area (TPSA) is 20.2 Å². The van der Waals surface area contributed by atoms with Crippen molar-refractivity contribution in [2.45, 2.75) is 146 Å². The van der Waals surface area contributed by atoms with Gasteiger partial charge < -0.3 is 5.11 Å². The molecule has 1 aliphatic heterocycles. The molecule has 1 nitrogen and oxygen atoms in total. The van der Waals surface area contributed by atoms with Crippen molar-refractivity contribution in [3.8, 4) is 0 Å². The van der Waals surface area contributed by atoms with Crippen molar-refractivity contribution in [3.63, 3.8) is 0 Å². The van der Waals surface area contributed by atoms with Crippen LogP contribution in [0.4, 0.5) is 0 Å². The van der Waals surface area contributed by atoms with Crippen LogP contribution in [0.1, 0.15) is 125 Å². The third-order valence-electron chi connectivity index (χ3n) is 9.16. The van der Waals surface area contributed by atoms with Gasteiger partial charge in [-0.3, -0.25) is 0 Å². The number of fused-ring (bicyclic) bond motifs is 1. The predicted octanol–water partition coefficient (Wildman–Crippen LogP) is 8.69. The van der Waals surface area contributed by atoms with Gasteiger partial charge in [0, 0.05) is 10.5 Å². The lowest BCUT2D eigenvalue weighted by atomic mass is 9.53. The van der Waals surface area contributed by atoms with E-state index in [4.69, 9.17) is 7.85 Å². The molecule has 2 fully saturated rings. The summed E-state index contributed by atoms with van der Waals surface area (Å²) in [6.07, 6.45) is 17.8. The summed E-state index contributed by atoms with van der Waals surface area (Å²) in [5.74, 6) is 4.06. The van der Waals surface area contributed by atoms with Crippen molar-refractivity contribution in [2.24, 2.45) is 17.3 Å². The van der Waals surface area contributed by atoms with Crippen LogP contribution >= 0.6 is 23.5 Å². The Morgan fingerprint density at radius 1 is 0.812 bits per heavy atom. The van der Waals surface area contributed by atoms with Crippen LogP contribution in [0.5, 0.6) is 0 Å². The fourth-order valence-corrected chi connectivity index (χ4v) is 9.53. The average Bonchev–Trinajstić information content (AvgIpc) is 2.79. The largest absolute Gasteiger partial charge is 0.393 e. The number of aliphatic hydroxyl groups excluding tert-OH is 1. The summed E-state index contributed by atoms with van der Waals surface area (Å²) < 4.78 is 0. The fourth-order valence-electron chi connectivity index (χ4n) is 6.14. The predicted molar refractivity (Wildman–Crippen MR) is 149 cm³/mol. The molecule has 0 aromatic rings. The molecule has 1 saturated heterocycles. The van der Waals surface area contributed by atoms with E-state index in [1.807, 2.05) is 0 Å². The highest BCUT2D eigenvalue weighted by atomic mass is 32.2. The minimum absolute atomic E-state index is 0.0937. The molecule has 1 saturated carbocycles. The minimum Gasteiger partial charge on any atom is -0.393 e. The summed E-state index contributed by atoms with van der Waals surface area (Å²) in [6.45, 7) is 11.2. The molecule has 0 bridgehead atoms. The molecule has 0 spiro atoms. The smallest absolute Gasteiger partial charge is 0.0777 e. The van der Waals surface area contributed by atoms with Crippen molar-refractivity contribution in [3.05, 3.63) is 0 Å². The Bertz CT molecular complexity index is 514. The van der Waals surface area contributed by atoms with E-state index >= 15 is 0 Å². The molecule has 2 aliphatic rings. The monoisotopic (exact) mass is 480 g/mol. The standard InChI is InChI=1S/C28H53BOS2/c1-6-22-15-13-16-23(27(4,7-2)26(30)28(5,29)8-3)17-14-20-31-24-18-11-9-10-12-19-25(24)32-21-22/h22-26,30H,6-21H2,1-5H3. The zero-order chi connectivity index (χ0) is 23.6. The molecular weight excluding hydrogens is 427 g/mol. The maximum absolute atomic E-state index is 11.5. The second-order valence-corrected chi connectivity index (χ2v) is 14.1. The number of aliphatic hydroxyl groups is 1. The summed E-state index contributed by atoms with van der Waals surface area (Å²) in [6, 6.07) is 0. The Morgan fingerprint density at radius 3 is 2.03 bits per heavy atom. The van der Waals surface area contributed by atoms with Gasteiger partial charge in [0.05, 0.1) is 14.0 Å². The van der Waals surface area contributed by atoms with Crippen molar-refractivity contribution in [1.82, 2.24) is 0 Å². The van der Waals surface area contributed by atoms with Crippen LogP contribution in [0.15, 0.2) is 0 Å². The second kappa shape index (κ2) is 14.3. The van der Waals surface area contributed by atoms with Gasteiger partial charge in [-0.2, -0.15) is 23.5 Å². The van der Waals surface area contributed by atoms with Crippen molar-refractivity contribution in [1.29, 1.82) is 0 Å². The van der Waals surface area contributed by atoms with Crippen molar-refractivity contribution in [2.75, 3.05) is 11.5 Å². The Balaban J connectivity index is 2.16. The molecule has 0 amide bonds. The molecule has 2 radical (unpaired) electrons. The molecule has 7 unspecified atom stereocenters. The normalized spacial score (nSPS) is 34.2. The average molecular weight is 481 g/mol. The third kappa shape index (κ3) is 8.15. The van der Waals surface area contributed by atoms with Gasteiger partial charge in [0.1, 0.15) is 0 Å². The lowest BCUT2D eigenvalue weighted by molar-refractivity contribution is -0.0441. The van der Waals surface area contributed by atoms with E-state index in [0.29, 0.717) is 5.92 Å². The Labute approximate surface area is 211 Å². The van der Waals surface area contributed by atoms with Crippen LogP contribution in [-0.2, 0) is 0 Å². The Hall–Kier alpha value is 0.725. The molecule has 2 rings (SSSR count). The highest BCUT2D eigenvalue weighted by Gasteiger charge is 2.44. The fraction of sp³-hybridized carbons (Fsp3) is 1.00. The summed E-state index contributed by atoms with van der Waals surface area (Å²) in [5.41, 5.74) is -0.0937. The zero-order valence-electron chi connectivity index (χ0n) is 22.0. The Kier molecular flexibility index (Phi) is 13.0. The molecule has 1 N–H and O–H groups in total. The number of thioether (sulfide) groups is 2. The van der Waals surface area contributed by atoms with E-state index in [0.717, 1.165) is 29.3 Å².